The van der Waals surface area contributed by atoms with Gasteiger partial charge in [0.15, 0.2) is 0 Å². The highest BCUT2D eigenvalue weighted by molar-refractivity contribution is 7.92. The number of carbonyl (C=O) groups is 1. The minimum atomic E-state index is -3.91. The van der Waals surface area contributed by atoms with Gasteiger partial charge in [-0.05, 0) is 44.2 Å². The number of aliphatic hydroxyl groups excluding tert-OH is 1. The van der Waals surface area contributed by atoms with E-state index in [0.29, 0.717) is 0 Å². The highest BCUT2D eigenvalue weighted by Crippen LogP contribution is 2.31. The zero-order valence-corrected chi connectivity index (χ0v) is 22.6. The van der Waals surface area contributed by atoms with Gasteiger partial charge in [0.1, 0.15) is 11.9 Å². The van der Waals surface area contributed by atoms with E-state index in [0.717, 1.165) is 11.8 Å². The molecule has 1 aliphatic rings. The molecule has 2 aromatic carbocycles. The zero-order valence-electron chi connectivity index (χ0n) is 21.0. The van der Waals surface area contributed by atoms with E-state index in [4.69, 9.17) is 4.74 Å². The average Bonchev–Trinajstić information content (AvgIpc) is 2.80. The van der Waals surface area contributed by atoms with E-state index in [2.05, 4.69) is 4.72 Å². The van der Waals surface area contributed by atoms with E-state index in [-0.39, 0.29) is 47.5 Å². The molecule has 0 aliphatic carbocycles. The fraction of sp³-hybridized carbons (Fsp3) is 0.458. The van der Waals surface area contributed by atoms with E-state index in [9.17, 15) is 26.7 Å². The fourth-order valence-corrected chi connectivity index (χ4v) is 5.29. The first-order valence-electron chi connectivity index (χ1n) is 11.5. The van der Waals surface area contributed by atoms with Crippen molar-refractivity contribution in [2.45, 2.75) is 37.8 Å². The summed E-state index contributed by atoms with van der Waals surface area (Å²) in [5, 5.41) is 9.77. The second-order valence-electron chi connectivity index (χ2n) is 9.30. The van der Waals surface area contributed by atoms with Crippen LogP contribution in [0.1, 0.15) is 29.8 Å². The highest BCUT2D eigenvalue weighted by Gasteiger charge is 2.34. The predicted molar refractivity (Wildman–Crippen MR) is 137 cm³/mol. The van der Waals surface area contributed by atoms with Gasteiger partial charge in [0.2, 0.25) is 10.0 Å². The molecule has 1 heterocycles. The second kappa shape index (κ2) is 10.8. The maximum absolute atomic E-state index is 13.5. The molecule has 3 atom stereocenters. The summed E-state index contributed by atoms with van der Waals surface area (Å²) in [7, 11) is -5.92. The lowest BCUT2D eigenvalue weighted by Gasteiger charge is -2.38. The number of hydrogen-bond acceptors (Lipinski definition) is 7. The van der Waals surface area contributed by atoms with Crippen molar-refractivity contribution in [1.29, 1.82) is 0 Å². The van der Waals surface area contributed by atoms with Crippen LogP contribution >= 0.6 is 0 Å². The number of amides is 1. The van der Waals surface area contributed by atoms with Gasteiger partial charge in [-0.15, -0.1) is 0 Å². The van der Waals surface area contributed by atoms with E-state index in [1.807, 2.05) is 13.8 Å². The Bertz CT molecular complexity index is 1310. The van der Waals surface area contributed by atoms with Gasteiger partial charge in [-0.25, -0.2) is 21.1 Å². The first-order chi connectivity index (χ1) is 16.7. The normalized spacial score (nSPS) is 19.8. The molecule has 0 unspecified atom stereocenters. The van der Waals surface area contributed by atoms with E-state index in [1.165, 1.54) is 46.6 Å². The van der Waals surface area contributed by atoms with Crippen LogP contribution in [-0.2, 0) is 20.0 Å². The van der Waals surface area contributed by atoms with Crippen LogP contribution in [0, 0.1) is 12.8 Å². The molecule has 10 nitrogen and oxygen atoms in total. The van der Waals surface area contributed by atoms with Crippen LogP contribution in [0.15, 0.2) is 47.4 Å². The molecule has 0 radical (unpaired) electrons. The van der Waals surface area contributed by atoms with Crippen molar-refractivity contribution in [2.75, 3.05) is 37.7 Å². The number of hydrogen-bond donors (Lipinski definition) is 2. The molecule has 0 saturated carbocycles. The van der Waals surface area contributed by atoms with E-state index in [1.54, 1.807) is 19.1 Å². The Kier molecular flexibility index (Phi) is 8.33. The first kappa shape index (κ1) is 27.9. The van der Waals surface area contributed by atoms with Crippen LogP contribution in [0.4, 0.5) is 5.69 Å². The number of sulfonamides is 2. The molecule has 0 spiro atoms. The number of benzene rings is 2. The minimum Gasteiger partial charge on any atom is -0.488 e. The number of carbonyl (C=O) groups excluding carboxylic acids is 1. The van der Waals surface area contributed by atoms with Crippen molar-refractivity contribution in [1.82, 2.24) is 9.21 Å². The molecular formula is C24H33N3O7S2. The maximum Gasteiger partial charge on any atom is 0.261 e. The number of aryl methyl sites for hydroxylation is 1. The van der Waals surface area contributed by atoms with E-state index >= 15 is 0 Å². The van der Waals surface area contributed by atoms with Crippen molar-refractivity contribution in [3.8, 4) is 5.75 Å². The Morgan fingerprint density at radius 1 is 1.17 bits per heavy atom. The number of rotatable bonds is 8. The minimum absolute atomic E-state index is 0.0524. The largest absolute Gasteiger partial charge is 0.488 e. The molecule has 36 heavy (non-hydrogen) atoms. The van der Waals surface area contributed by atoms with Gasteiger partial charge in [0, 0.05) is 25.2 Å². The number of likely N-dealkylation sites (N-methyl/N-ethyl adjacent to an activating group) is 1. The number of fused-ring (bicyclic) bond motifs is 1. The Balaban J connectivity index is 2.01. The molecule has 0 fully saturated rings. The zero-order chi connectivity index (χ0) is 26.8. The molecule has 2 aromatic rings. The molecule has 0 bridgehead atoms. The van der Waals surface area contributed by atoms with Gasteiger partial charge in [0.25, 0.3) is 15.9 Å². The monoisotopic (exact) mass is 539 g/mol. The number of nitrogens with one attached hydrogen (secondary N) is 1. The number of ether oxygens (including phenoxy) is 1. The summed E-state index contributed by atoms with van der Waals surface area (Å²) in [6.45, 7) is 5.39. The van der Waals surface area contributed by atoms with Crippen LogP contribution in [0.2, 0.25) is 0 Å². The van der Waals surface area contributed by atoms with Gasteiger partial charge in [-0.3, -0.25) is 9.52 Å². The summed E-state index contributed by atoms with van der Waals surface area (Å²) in [5.41, 5.74) is 1.20. The Labute approximate surface area is 213 Å². The van der Waals surface area contributed by atoms with Crippen molar-refractivity contribution >= 4 is 31.6 Å². The topological polar surface area (TPSA) is 133 Å². The summed E-state index contributed by atoms with van der Waals surface area (Å²) in [6.07, 6.45) is 0.505. The highest BCUT2D eigenvalue weighted by atomic mass is 32.2. The fourth-order valence-electron chi connectivity index (χ4n) is 3.82. The average molecular weight is 540 g/mol. The van der Waals surface area contributed by atoms with Crippen LogP contribution in [-0.4, -0.2) is 82.2 Å². The third kappa shape index (κ3) is 6.36. The Hall–Kier alpha value is -2.67. The number of anilines is 1. The molecular weight excluding hydrogens is 506 g/mol. The number of nitrogens with zero attached hydrogens (tertiary/aromatic N) is 2. The molecule has 0 saturated heterocycles. The van der Waals surface area contributed by atoms with Gasteiger partial charge < -0.3 is 14.7 Å². The number of aliphatic hydroxyl groups is 1. The summed E-state index contributed by atoms with van der Waals surface area (Å²) >= 11 is 0. The van der Waals surface area contributed by atoms with Crippen molar-refractivity contribution < 1.29 is 31.5 Å². The standard InChI is InChI=1S/C24H33N3O7S2/c1-16-6-9-20(10-7-16)36(32,33)25-19-8-11-22-21(12-19)24(29)27(18(3)15-28)13-17(2)23(34-22)14-26(4)35(5,30)31/h6-12,17-18,23,25,28H,13-15H2,1-5H3/t17-,18-,23-/m0/s1. The van der Waals surface area contributed by atoms with Crippen molar-refractivity contribution in [2.24, 2.45) is 5.92 Å². The van der Waals surface area contributed by atoms with Crippen LogP contribution in [0.5, 0.6) is 5.75 Å². The van der Waals surface area contributed by atoms with Gasteiger partial charge >= 0.3 is 0 Å². The Morgan fingerprint density at radius 2 is 1.81 bits per heavy atom. The quantitative estimate of drug-likeness (QED) is 0.523. The third-order valence-electron chi connectivity index (χ3n) is 6.25. The van der Waals surface area contributed by atoms with Gasteiger partial charge in [-0.1, -0.05) is 24.6 Å². The molecule has 1 aliphatic heterocycles. The lowest BCUT2D eigenvalue weighted by atomic mass is 9.99. The van der Waals surface area contributed by atoms with Gasteiger partial charge in [0.05, 0.1) is 35.9 Å². The third-order valence-corrected chi connectivity index (χ3v) is 8.93. The summed E-state index contributed by atoms with van der Waals surface area (Å²) < 4.78 is 59.6. The molecule has 3 rings (SSSR count). The molecule has 1 amide bonds. The van der Waals surface area contributed by atoms with Crippen molar-refractivity contribution in [3.63, 3.8) is 0 Å². The maximum atomic E-state index is 13.5. The first-order valence-corrected chi connectivity index (χ1v) is 14.8. The van der Waals surface area contributed by atoms with Crippen LogP contribution in [0.25, 0.3) is 0 Å². The lowest BCUT2D eigenvalue weighted by molar-refractivity contribution is 0.0387. The molecule has 198 valence electrons. The Morgan fingerprint density at radius 3 is 2.39 bits per heavy atom. The lowest BCUT2D eigenvalue weighted by Crippen LogP contribution is -2.50. The van der Waals surface area contributed by atoms with Crippen LogP contribution in [0.3, 0.4) is 0 Å². The molecule has 12 heteroatoms. The molecule has 2 N–H and O–H groups in total. The second-order valence-corrected chi connectivity index (χ2v) is 13.1. The SMILES string of the molecule is Cc1ccc(S(=O)(=O)Nc2ccc3c(c2)C(=O)N([C@@H](C)CO)C[C@H](C)[C@H](CN(C)S(C)(=O)=O)O3)cc1. The summed E-state index contributed by atoms with van der Waals surface area (Å²) in [5.74, 6) is -0.489. The summed E-state index contributed by atoms with van der Waals surface area (Å²) in [6, 6.07) is 10.2. The smallest absolute Gasteiger partial charge is 0.261 e. The van der Waals surface area contributed by atoms with Gasteiger partial charge in [-0.2, -0.15) is 0 Å². The van der Waals surface area contributed by atoms with Crippen LogP contribution < -0.4 is 9.46 Å². The summed E-state index contributed by atoms with van der Waals surface area (Å²) in [4.78, 5) is 15.1. The molecule has 0 aromatic heterocycles. The van der Waals surface area contributed by atoms with E-state index < -0.39 is 38.1 Å². The van der Waals surface area contributed by atoms with Crippen molar-refractivity contribution in [3.05, 3.63) is 53.6 Å². The predicted octanol–water partition coefficient (Wildman–Crippen LogP) is 1.91.